The third-order valence-electron chi connectivity index (χ3n) is 1.75. The van der Waals surface area contributed by atoms with Crippen molar-refractivity contribution in [3.63, 3.8) is 0 Å². The highest BCUT2D eigenvalue weighted by atomic mass is 32.2. The third-order valence-corrected chi connectivity index (χ3v) is 3.50. The van der Waals surface area contributed by atoms with Gasteiger partial charge in [0.1, 0.15) is 11.5 Å². The number of sulfone groups is 1. The van der Waals surface area contributed by atoms with E-state index in [9.17, 15) is 13.2 Å². The van der Waals surface area contributed by atoms with Crippen LogP contribution in [0.2, 0.25) is 0 Å². The summed E-state index contributed by atoms with van der Waals surface area (Å²) in [4.78, 5) is 10.5. The smallest absolute Gasteiger partial charge is 0.371 e. The molecule has 5 nitrogen and oxygen atoms in total. The van der Waals surface area contributed by atoms with Crippen LogP contribution in [0.5, 0.6) is 0 Å². The lowest BCUT2D eigenvalue weighted by Gasteiger charge is -1.98. The standard InChI is InChI=1S/C9H12O5S/c1-2-5-15(12,13)6-7-3-4-8(14-7)9(10)11/h3-4H,2,5-6H2,1H3,(H,10,11). The van der Waals surface area contributed by atoms with E-state index in [2.05, 4.69) is 0 Å². The Kier molecular flexibility index (Phi) is 3.52. The fraction of sp³-hybridized carbons (Fsp3) is 0.444. The number of rotatable bonds is 5. The summed E-state index contributed by atoms with van der Waals surface area (Å²) in [5, 5.41) is 8.56. The van der Waals surface area contributed by atoms with Crippen LogP contribution in [0.15, 0.2) is 16.5 Å². The maximum absolute atomic E-state index is 11.4. The molecule has 0 aliphatic heterocycles. The van der Waals surface area contributed by atoms with Crippen LogP contribution in [0.4, 0.5) is 0 Å². The first-order valence-electron chi connectivity index (χ1n) is 4.47. The SMILES string of the molecule is CCCS(=O)(=O)Cc1ccc(C(=O)O)o1. The van der Waals surface area contributed by atoms with Crippen LogP contribution < -0.4 is 0 Å². The van der Waals surface area contributed by atoms with Crippen molar-refractivity contribution in [2.45, 2.75) is 19.1 Å². The Morgan fingerprint density at radius 3 is 2.60 bits per heavy atom. The fourth-order valence-electron chi connectivity index (χ4n) is 1.17. The van der Waals surface area contributed by atoms with Crippen LogP contribution in [-0.2, 0) is 15.6 Å². The van der Waals surface area contributed by atoms with E-state index in [0.29, 0.717) is 6.42 Å². The van der Waals surface area contributed by atoms with Gasteiger partial charge in [-0.3, -0.25) is 0 Å². The van der Waals surface area contributed by atoms with Crippen LogP contribution in [0.25, 0.3) is 0 Å². The summed E-state index contributed by atoms with van der Waals surface area (Å²) in [6.07, 6.45) is 0.537. The van der Waals surface area contributed by atoms with E-state index in [-0.39, 0.29) is 23.0 Å². The Balaban J connectivity index is 2.77. The molecule has 0 unspecified atom stereocenters. The second-order valence-electron chi connectivity index (χ2n) is 3.16. The van der Waals surface area contributed by atoms with Crippen LogP contribution in [0.1, 0.15) is 29.7 Å². The quantitative estimate of drug-likeness (QED) is 0.827. The molecule has 0 spiro atoms. The zero-order valence-corrected chi connectivity index (χ0v) is 9.08. The zero-order chi connectivity index (χ0) is 11.5. The van der Waals surface area contributed by atoms with Gasteiger partial charge in [0.2, 0.25) is 5.76 Å². The van der Waals surface area contributed by atoms with Crippen molar-refractivity contribution in [2.24, 2.45) is 0 Å². The number of furan rings is 1. The Labute approximate surface area is 87.6 Å². The van der Waals surface area contributed by atoms with Crippen LogP contribution >= 0.6 is 0 Å². The monoisotopic (exact) mass is 232 g/mol. The molecular weight excluding hydrogens is 220 g/mol. The van der Waals surface area contributed by atoms with Crippen molar-refractivity contribution in [3.05, 3.63) is 23.7 Å². The Morgan fingerprint density at radius 2 is 2.13 bits per heavy atom. The first-order chi connectivity index (χ1) is 6.94. The maximum Gasteiger partial charge on any atom is 0.371 e. The van der Waals surface area contributed by atoms with Gasteiger partial charge < -0.3 is 9.52 Å². The molecule has 1 aromatic rings. The highest BCUT2D eigenvalue weighted by molar-refractivity contribution is 7.90. The third kappa shape index (κ3) is 3.39. The zero-order valence-electron chi connectivity index (χ0n) is 8.26. The summed E-state index contributed by atoms with van der Waals surface area (Å²) in [6, 6.07) is 2.62. The molecule has 15 heavy (non-hydrogen) atoms. The van der Waals surface area contributed by atoms with Crippen molar-refractivity contribution >= 4 is 15.8 Å². The summed E-state index contributed by atoms with van der Waals surface area (Å²) in [5.74, 6) is -1.43. The van der Waals surface area contributed by atoms with Gasteiger partial charge in [-0.2, -0.15) is 0 Å². The molecule has 0 fully saturated rings. The molecule has 1 heterocycles. The van der Waals surface area contributed by atoms with Gasteiger partial charge in [-0.25, -0.2) is 13.2 Å². The lowest BCUT2D eigenvalue weighted by atomic mass is 10.4. The van der Waals surface area contributed by atoms with E-state index < -0.39 is 15.8 Å². The van der Waals surface area contributed by atoms with Gasteiger partial charge in [0.25, 0.3) is 0 Å². The van der Waals surface area contributed by atoms with Gasteiger partial charge in [0, 0.05) is 0 Å². The fourth-order valence-corrected chi connectivity index (χ4v) is 2.53. The van der Waals surface area contributed by atoms with E-state index >= 15 is 0 Å². The van der Waals surface area contributed by atoms with E-state index in [1.165, 1.54) is 12.1 Å². The number of aromatic carboxylic acids is 1. The summed E-state index contributed by atoms with van der Waals surface area (Å²) >= 11 is 0. The van der Waals surface area contributed by atoms with Gasteiger partial charge in [-0.05, 0) is 18.6 Å². The average Bonchev–Trinajstić information content (AvgIpc) is 2.51. The molecule has 84 valence electrons. The summed E-state index contributed by atoms with van der Waals surface area (Å²) < 4.78 is 27.6. The van der Waals surface area contributed by atoms with E-state index in [0.717, 1.165) is 0 Å². The van der Waals surface area contributed by atoms with Crippen LogP contribution in [0, 0.1) is 0 Å². The average molecular weight is 232 g/mol. The van der Waals surface area contributed by atoms with Gasteiger partial charge in [-0.15, -0.1) is 0 Å². The molecule has 0 saturated heterocycles. The van der Waals surface area contributed by atoms with E-state index in [1.54, 1.807) is 6.92 Å². The van der Waals surface area contributed by atoms with Crippen molar-refractivity contribution in [1.82, 2.24) is 0 Å². The molecule has 0 radical (unpaired) electrons. The first-order valence-corrected chi connectivity index (χ1v) is 6.29. The second-order valence-corrected chi connectivity index (χ2v) is 5.35. The van der Waals surface area contributed by atoms with E-state index in [4.69, 9.17) is 9.52 Å². The highest BCUT2D eigenvalue weighted by Crippen LogP contribution is 2.12. The molecule has 1 aromatic heterocycles. The van der Waals surface area contributed by atoms with Gasteiger partial charge in [0.15, 0.2) is 9.84 Å². The number of carboxylic acids is 1. The molecule has 0 aliphatic rings. The number of carbonyl (C=O) groups is 1. The maximum atomic E-state index is 11.4. The Bertz CT molecular complexity index is 443. The van der Waals surface area contributed by atoms with Gasteiger partial charge >= 0.3 is 5.97 Å². The predicted molar refractivity (Wildman–Crippen MR) is 53.4 cm³/mol. The summed E-state index contributed by atoms with van der Waals surface area (Å²) in [6.45, 7) is 1.77. The first kappa shape index (κ1) is 11.8. The molecule has 0 bridgehead atoms. The normalized spacial score (nSPS) is 11.5. The second kappa shape index (κ2) is 4.48. The Morgan fingerprint density at radius 1 is 1.47 bits per heavy atom. The number of hydrogen-bond donors (Lipinski definition) is 1. The molecule has 1 rings (SSSR count). The lowest BCUT2D eigenvalue weighted by Crippen LogP contribution is -2.07. The molecule has 0 aromatic carbocycles. The topological polar surface area (TPSA) is 84.6 Å². The predicted octanol–water partition coefficient (Wildman–Crippen LogP) is 1.30. The summed E-state index contributed by atoms with van der Waals surface area (Å²) in [5.41, 5.74) is 0. The molecule has 0 saturated carbocycles. The number of hydrogen-bond acceptors (Lipinski definition) is 4. The molecule has 0 amide bonds. The minimum Gasteiger partial charge on any atom is -0.475 e. The van der Waals surface area contributed by atoms with Crippen LogP contribution in [-0.4, -0.2) is 25.2 Å². The minimum absolute atomic E-state index is 0.0795. The highest BCUT2D eigenvalue weighted by Gasteiger charge is 2.15. The molecule has 6 heteroatoms. The van der Waals surface area contributed by atoms with Crippen molar-refractivity contribution in [3.8, 4) is 0 Å². The number of carboxylic acid groups (broad SMARTS) is 1. The van der Waals surface area contributed by atoms with E-state index in [1.807, 2.05) is 0 Å². The lowest BCUT2D eigenvalue weighted by molar-refractivity contribution is 0.0660. The Hall–Kier alpha value is -1.30. The van der Waals surface area contributed by atoms with Crippen molar-refractivity contribution in [1.29, 1.82) is 0 Å². The molecule has 0 aliphatic carbocycles. The summed E-state index contributed by atoms with van der Waals surface area (Å²) in [7, 11) is -3.18. The minimum atomic E-state index is -3.18. The molecule has 1 N–H and O–H groups in total. The molecule has 0 atom stereocenters. The van der Waals surface area contributed by atoms with Gasteiger partial charge in [-0.1, -0.05) is 6.92 Å². The van der Waals surface area contributed by atoms with Crippen molar-refractivity contribution in [2.75, 3.05) is 5.75 Å². The van der Waals surface area contributed by atoms with Gasteiger partial charge in [0.05, 0.1) is 5.75 Å². The largest absolute Gasteiger partial charge is 0.475 e. The molecular formula is C9H12O5S. The van der Waals surface area contributed by atoms with Crippen molar-refractivity contribution < 1.29 is 22.7 Å². The van der Waals surface area contributed by atoms with Crippen LogP contribution in [0.3, 0.4) is 0 Å².